The summed E-state index contributed by atoms with van der Waals surface area (Å²) in [6.07, 6.45) is 8.94. The number of carbonyl (C=O) groups is 1. The standard InChI is InChI=1S/C26H28N6O/c1-16-13-28-25-20(16)12-19(14-29-25)18-10-17-5-9-32(26(33)24-6-8-31(2)30-24)15-22(17)21(11-18)23-4-3-7-27-23/h6,8,10-14,23,27H,3-5,7,9,15H2,1-2H3,(H,28,29)/t23-/m0/s1. The van der Waals surface area contributed by atoms with Crippen LogP contribution in [0.25, 0.3) is 22.2 Å². The molecule has 5 heterocycles. The van der Waals surface area contributed by atoms with Crippen LogP contribution in [0.1, 0.15) is 51.6 Å². The van der Waals surface area contributed by atoms with E-state index in [9.17, 15) is 4.79 Å². The van der Waals surface area contributed by atoms with E-state index in [1.165, 1.54) is 34.2 Å². The second-order valence-corrected chi connectivity index (χ2v) is 9.30. The number of nitrogens with zero attached hydrogens (tertiary/aromatic N) is 4. The summed E-state index contributed by atoms with van der Waals surface area (Å²) in [7, 11) is 1.84. The Labute approximate surface area is 192 Å². The maximum Gasteiger partial charge on any atom is 0.274 e. The third-order valence-electron chi connectivity index (χ3n) is 7.10. The van der Waals surface area contributed by atoms with Gasteiger partial charge in [-0.05, 0) is 78.7 Å². The molecule has 6 rings (SSSR count). The lowest BCUT2D eigenvalue weighted by molar-refractivity contribution is 0.0727. The number of carbonyl (C=O) groups excluding carboxylic acids is 1. The highest BCUT2D eigenvalue weighted by atomic mass is 16.2. The molecule has 1 amide bonds. The Morgan fingerprint density at radius 3 is 2.91 bits per heavy atom. The molecule has 4 aromatic rings. The number of aryl methyl sites for hydroxylation is 2. The second-order valence-electron chi connectivity index (χ2n) is 9.30. The molecule has 1 aromatic carbocycles. The number of fused-ring (bicyclic) bond motifs is 2. The topological polar surface area (TPSA) is 78.8 Å². The number of aromatic nitrogens is 4. The number of amides is 1. The summed E-state index contributed by atoms with van der Waals surface area (Å²) < 4.78 is 1.68. The molecule has 2 N–H and O–H groups in total. The first-order valence-electron chi connectivity index (χ1n) is 11.7. The van der Waals surface area contributed by atoms with E-state index in [2.05, 4.69) is 45.5 Å². The number of H-pyrrole nitrogens is 1. The zero-order valence-corrected chi connectivity index (χ0v) is 19.1. The molecule has 0 bridgehead atoms. The number of hydrogen-bond donors (Lipinski definition) is 2. The zero-order valence-electron chi connectivity index (χ0n) is 19.1. The van der Waals surface area contributed by atoms with Gasteiger partial charge in [0.1, 0.15) is 11.3 Å². The number of aromatic amines is 1. The van der Waals surface area contributed by atoms with Gasteiger partial charge in [-0.2, -0.15) is 5.10 Å². The molecule has 0 saturated carbocycles. The molecule has 0 unspecified atom stereocenters. The summed E-state index contributed by atoms with van der Waals surface area (Å²) in [4.78, 5) is 22.9. The first kappa shape index (κ1) is 20.2. The first-order chi connectivity index (χ1) is 16.1. The van der Waals surface area contributed by atoms with Crippen molar-refractivity contribution in [3.05, 3.63) is 70.8 Å². The fourth-order valence-electron chi connectivity index (χ4n) is 5.28. The predicted molar refractivity (Wildman–Crippen MR) is 128 cm³/mol. The van der Waals surface area contributed by atoms with Gasteiger partial charge in [0.15, 0.2) is 0 Å². The van der Waals surface area contributed by atoms with Crippen molar-refractivity contribution in [1.29, 1.82) is 0 Å². The highest BCUT2D eigenvalue weighted by Crippen LogP contribution is 2.36. The quantitative estimate of drug-likeness (QED) is 0.507. The average Bonchev–Trinajstić information content (AvgIpc) is 3.59. The van der Waals surface area contributed by atoms with Crippen molar-refractivity contribution in [2.24, 2.45) is 7.05 Å². The van der Waals surface area contributed by atoms with Crippen molar-refractivity contribution in [1.82, 2.24) is 30.0 Å². The lowest BCUT2D eigenvalue weighted by atomic mass is 9.87. The Morgan fingerprint density at radius 2 is 2.12 bits per heavy atom. The van der Waals surface area contributed by atoms with E-state index in [0.29, 0.717) is 24.8 Å². The molecule has 0 radical (unpaired) electrons. The van der Waals surface area contributed by atoms with Crippen LogP contribution in [0.2, 0.25) is 0 Å². The molecule has 0 spiro atoms. The summed E-state index contributed by atoms with van der Waals surface area (Å²) in [6, 6.07) is 8.99. The van der Waals surface area contributed by atoms with Crippen molar-refractivity contribution >= 4 is 16.9 Å². The van der Waals surface area contributed by atoms with E-state index in [1.54, 1.807) is 10.7 Å². The Bertz CT molecular complexity index is 1360. The van der Waals surface area contributed by atoms with Crippen LogP contribution in [-0.2, 0) is 20.0 Å². The van der Waals surface area contributed by atoms with Gasteiger partial charge < -0.3 is 15.2 Å². The second kappa shape index (κ2) is 7.85. The van der Waals surface area contributed by atoms with Crippen molar-refractivity contribution in [3.63, 3.8) is 0 Å². The fourth-order valence-corrected chi connectivity index (χ4v) is 5.28. The fraction of sp³-hybridized carbons (Fsp3) is 0.346. The van der Waals surface area contributed by atoms with E-state index < -0.39 is 0 Å². The maximum atomic E-state index is 13.1. The van der Waals surface area contributed by atoms with E-state index in [-0.39, 0.29) is 5.91 Å². The smallest absolute Gasteiger partial charge is 0.274 e. The van der Waals surface area contributed by atoms with E-state index in [4.69, 9.17) is 0 Å². The Hall–Kier alpha value is -3.45. The highest BCUT2D eigenvalue weighted by molar-refractivity contribution is 5.92. The summed E-state index contributed by atoms with van der Waals surface area (Å²) >= 11 is 0. The lowest BCUT2D eigenvalue weighted by Crippen LogP contribution is -2.37. The van der Waals surface area contributed by atoms with Gasteiger partial charge in [0.25, 0.3) is 5.91 Å². The third kappa shape index (κ3) is 3.53. The number of benzene rings is 1. The molecule has 1 atom stereocenters. The largest absolute Gasteiger partial charge is 0.346 e. The molecule has 168 valence electrons. The van der Waals surface area contributed by atoms with Crippen molar-refractivity contribution < 1.29 is 4.79 Å². The third-order valence-corrected chi connectivity index (χ3v) is 7.10. The van der Waals surface area contributed by atoms with Crippen LogP contribution < -0.4 is 5.32 Å². The van der Waals surface area contributed by atoms with Crippen molar-refractivity contribution in [2.75, 3.05) is 13.1 Å². The summed E-state index contributed by atoms with van der Waals surface area (Å²) in [5.41, 5.74) is 8.95. The summed E-state index contributed by atoms with van der Waals surface area (Å²) in [5.74, 6) is 0.00763. The number of hydrogen-bond acceptors (Lipinski definition) is 4. The minimum Gasteiger partial charge on any atom is -0.346 e. The summed E-state index contributed by atoms with van der Waals surface area (Å²) in [6.45, 7) is 4.48. The number of rotatable bonds is 3. The molecule has 33 heavy (non-hydrogen) atoms. The number of pyridine rings is 1. The van der Waals surface area contributed by atoms with E-state index in [0.717, 1.165) is 36.0 Å². The maximum absolute atomic E-state index is 13.1. The molecule has 0 aliphatic carbocycles. The van der Waals surface area contributed by atoms with Crippen LogP contribution in [0.15, 0.2) is 42.9 Å². The van der Waals surface area contributed by atoms with Gasteiger partial charge in [-0.1, -0.05) is 6.07 Å². The summed E-state index contributed by atoms with van der Waals surface area (Å²) in [5, 5.41) is 9.17. The van der Waals surface area contributed by atoms with Crippen LogP contribution >= 0.6 is 0 Å². The van der Waals surface area contributed by atoms with E-state index >= 15 is 0 Å². The van der Waals surface area contributed by atoms with Gasteiger partial charge in [-0.3, -0.25) is 9.48 Å². The van der Waals surface area contributed by atoms with Crippen LogP contribution in [-0.4, -0.2) is 43.6 Å². The number of nitrogens with one attached hydrogen (secondary N) is 2. The van der Waals surface area contributed by atoms with Gasteiger partial charge in [0, 0.05) is 55.7 Å². The minimum atomic E-state index is 0.00763. The molecular weight excluding hydrogens is 412 g/mol. The predicted octanol–water partition coefficient (Wildman–Crippen LogP) is 3.89. The Kier molecular flexibility index (Phi) is 4.80. The van der Waals surface area contributed by atoms with Crippen LogP contribution in [0, 0.1) is 6.92 Å². The van der Waals surface area contributed by atoms with Crippen LogP contribution in [0.3, 0.4) is 0 Å². The van der Waals surface area contributed by atoms with E-state index in [1.807, 2.05) is 30.5 Å². The van der Waals surface area contributed by atoms with Gasteiger partial charge in [0.05, 0.1) is 0 Å². The van der Waals surface area contributed by atoms with Gasteiger partial charge in [-0.25, -0.2) is 4.98 Å². The molecular formula is C26H28N6O. The van der Waals surface area contributed by atoms with Gasteiger partial charge in [-0.15, -0.1) is 0 Å². The SMILES string of the molecule is Cc1c[nH]c2ncc(-c3cc4c(c([C@@H]5CCCN5)c3)CN(C(=O)c3ccn(C)n3)CC4)cc12. The van der Waals surface area contributed by atoms with Crippen molar-refractivity contribution in [2.45, 2.75) is 38.8 Å². The highest BCUT2D eigenvalue weighted by Gasteiger charge is 2.29. The average molecular weight is 441 g/mol. The first-order valence-corrected chi connectivity index (χ1v) is 11.7. The minimum absolute atomic E-state index is 0.00763. The normalized spacial score (nSPS) is 18.1. The molecule has 7 nitrogen and oxygen atoms in total. The molecule has 3 aromatic heterocycles. The molecule has 2 aliphatic rings. The molecule has 2 aliphatic heterocycles. The van der Waals surface area contributed by atoms with Crippen molar-refractivity contribution in [3.8, 4) is 11.1 Å². The molecule has 1 saturated heterocycles. The van der Waals surface area contributed by atoms with Gasteiger partial charge >= 0.3 is 0 Å². The van der Waals surface area contributed by atoms with Crippen LogP contribution in [0.5, 0.6) is 0 Å². The molecule has 1 fully saturated rings. The van der Waals surface area contributed by atoms with Gasteiger partial charge in [0.2, 0.25) is 0 Å². The monoisotopic (exact) mass is 440 g/mol. The molecule has 7 heteroatoms. The zero-order chi connectivity index (χ0) is 22.5. The lowest BCUT2D eigenvalue weighted by Gasteiger charge is -2.32. The Balaban J connectivity index is 1.40. The Morgan fingerprint density at radius 1 is 1.21 bits per heavy atom. The van der Waals surface area contributed by atoms with Crippen LogP contribution in [0.4, 0.5) is 0 Å².